The van der Waals surface area contributed by atoms with Gasteiger partial charge in [0.1, 0.15) is 6.04 Å². The van der Waals surface area contributed by atoms with Crippen LogP contribution in [0.15, 0.2) is 54.6 Å². The van der Waals surface area contributed by atoms with Crippen molar-refractivity contribution in [2.24, 2.45) is 11.8 Å². The molecule has 0 N–H and O–H groups in total. The lowest BCUT2D eigenvalue weighted by Crippen LogP contribution is -2.49. The number of fused-ring (bicyclic) bond motifs is 5. The van der Waals surface area contributed by atoms with Crippen molar-refractivity contribution < 1.29 is 19.1 Å². The molecule has 2 aromatic rings. The second kappa shape index (κ2) is 7.82. The zero-order valence-electron chi connectivity index (χ0n) is 17.9. The maximum Gasteiger partial charge on any atom is 0.235 e. The molecule has 0 bridgehead atoms. The van der Waals surface area contributed by atoms with Crippen molar-refractivity contribution in [3.05, 3.63) is 70.8 Å². The van der Waals surface area contributed by atoms with Crippen molar-refractivity contribution in [2.75, 3.05) is 18.1 Å². The van der Waals surface area contributed by atoms with Gasteiger partial charge in [-0.05, 0) is 48.7 Å². The highest BCUT2D eigenvalue weighted by Gasteiger charge is 2.64. The molecule has 2 aromatic carbocycles. The van der Waals surface area contributed by atoms with Crippen molar-refractivity contribution in [1.82, 2.24) is 4.90 Å². The van der Waals surface area contributed by atoms with Crippen LogP contribution in [0.2, 0.25) is 5.02 Å². The van der Waals surface area contributed by atoms with Gasteiger partial charge in [-0.1, -0.05) is 42.0 Å². The molecule has 2 amide bonds. The Morgan fingerprint density at radius 3 is 2.55 bits per heavy atom. The number of ketones is 1. The number of rotatable bonds is 4. The average Bonchev–Trinajstić information content (AvgIpc) is 3.52. The van der Waals surface area contributed by atoms with E-state index in [-0.39, 0.29) is 36.3 Å². The minimum Gasteiger partial charge on any atom is -0.376 e. The molecule has 0 aliphatic carbocycles. The van der Waals surface area contributed by atoms with Crippen LogP contribution in [-0.4, -0.2) is 53.8 Å². The lowest BCUT2D eigenvalue weighted by atomic mass is 9.86. The number of benzene rings is 2. The smallest absolute Gasteiger partial charge is 0.235 e. The van der Waals surface area contributed by atoms with Crippen LogP contribution < -0.4 is 4.90 Å². The monoisotopic (exact) mass is 462 g/mol. The number of likely N-dealkylation sites (tertiary alicyclic amines) is 1. The van der Waals surface area contributed by atoms with Gasteiger partial charge >= 0.3 is 0 Å². The fourth-order valence-corrected chi connectivity index (χ4v) is 5.96. The summed E-state index contributed by atoms with van der Waals surface area (Å²) in [5.41, 5.74) is 2.32. The molecular weight excluding hydrogens is 440 g/mol. The minimum absolute atomic E-state index is 0.124. The van der Waals surface area contributed by atoms with Crippen molar-refractivity contribution >= 4 is 41.0 Å². The summed E-state index contributed by atoms with van der Waals surface area (Å²) in [6.07, 6.45) is 5.60. The number of carbonyl (C=O) groups is 3. The topological polar surface area (TPSA) is 66.9 Å². The van der Waals surface area contributed by atoms with E-state index in [1.54, 1.807) is 24.3 Å². The van der Waals surface area contributed by atoms with Crippen LogP contribution in [0, 0.1) is 11.8 Å². The van der Waals surface area contributed by atoms with Crippen LogP contribution in [0.5, 0.6) is 0 Å². The van der Waals surface area contributed by atoms with E-state index in [1.807, 2.05) is 41.3 Å². The van der Waals surface area contributed by atoms with Crippen LogP contribution in [0.3, 0.4) is 0 Å². The van der Waals surface area contributed by atoms with Gasteiger partial charge in [0.2, 0.25) is 11.8 Å². The Morgan fingerprint density at radius 2 is 1.79 bits per heavy atom. The summed E-state index contributed by atoms with van der Waals surface area (Å²) < 4.78 is 5.69. The van der Waals surface area contributed by atoms with E-state index in [0.717, 1.165) is 24.1 Å². The first-order valence-corrected chi connectivity index (χ1v) is 11.7. The number of hydrogen-bond donors (Lipinski definition) is 0. The Balaban J connectivity index is 1.43. The first kappa shape index (κ1) is 20.6. The Hall–Kier alpha value is -2.96. The second-order valence-corrected chi connectivity index (χ2v) is 9.54. The Labute approximate surface area is 196 Å². The van der Waals surface area contributed by atoms with Crippen LogP contribution in [0.1, 0.15) is 28.8 Å². The molecule has 168 valence electrons. The molecule has 4 aliphatic rings. The van der Waals surface area contributed by atoms with Gasteiger partial charge in [0, 0.05) is 22.9 Å². The summed E-state index contributed by atoms with van der Waals surface area (Å²) in [5.74, 6) is -1.97. The average molecular weight is 463 g/mol. The summed E-state index contributed by atoms with van der Waals surface area (Å²) in [7, 11) is 0. The SMILES string of the molecule is O=C(c1ccc(Cl)cc1)[C@@H]1[C@@H]2C(=O)N(C[C@@H]3CCCO3)C(=O)[C@H]2[C@@H]2C=Cc3ccccc3N12. The van der Waals surface area contributed by atoms with E-state index in [0.29, 0.717) is 17.2 Å². The zero-order valence-corrected chi connectivity index (χ0v) is 18.6. The number of halogens is 1. The minimum atomic E-state index is -0.766. The van der Waals surface area contributed by atoms with Gasteiger partial charge in [-0.25, -0.2) is 0 Å². The molecule has 0 radical (unpaired) electrons. The highest BCUT2D eigenvalue weighted by Crippen LogP contribution is 2.49. The molecule has 0 spiro atoms. The number of hydrogen-bond acceptors (Lipinski definition) is 5. The standard InChI is InChI=1S/C26H23ClN2O4/c27-17-10-7-16(8-11-17)24(30)23-22-21(20-12-9-15-4-1-2-6-19(15)29(20)23)25(31)28(26(22)32)14-18-5-3-13-33-18/h1-2,4,6-12,18,20-23H,3,5,13-14H2/t18-,20-,21-,22+,23-/m0/s1. The molecule has 4 heterocycles. The maximum absolute atomic E-state index is 13.9. The highest BCUT2D eigenvalue weighted by atomic mass is 35.5. The van der Waals surface area contributed by atoms with Crippen LogP contribution >= 0.6 is 11.6 Å². The van der Waals surface area contributed by atoms with E-state index in [4.69, 9.17) is 16.3 Å². The fraction of sp³-hybridized carbons (Fsp3) is 0.346. The van der Waals surface area contributed by atoms with Crippen molar-refractivity contribution in [3.8, 4) is 0 Å². The molecule has 6 nitrogen and oxygen atoms in total. The Morgan fingerprint density at radius 1 is 1.03 bits per heavy atom. The molecule has 7 heteroatoms. The molecule has 3 fully saturated rings. The highest BCUT2D eigenvalue weighted by molar-refractivity contribution is 6.30. The molecule has 0 saturated carbocycles. The lowest BCUT2D eigenvalue weighted by Gasteiger charge is -2.36. The van der Waals surface area contributed by atoms with E-state index in [2.05, 4.69) is 0 Å². The van der Waals surface area contributed by atoms with E-state index < -0.39 is 17.9 Å². The number of para-hydroxylation sites is 1. The fourth-order valence-electron chi connectivity index (χ4n) is 5.83. The van der Waals surface area contributed by atoms with Crippen LogP contribution in [-0.2, 0) is 14.3 Å². The Bertz CT molecular complexity index is 1170. The van der Waals surface area contributed by atoms with E-state index in [9.17, 15) is 14.4 Å². The summed E-state index contributed by atoms with van der Waals surface area (Å²) in [4.78, 5) is 44.4. The number of amides is 2. The normalized spacial score (nSPS) is 29.9. The zero-order chi connectivity index (χ0) is 22.7. The molecule has 4 aliphatic heterocycles. The van der Waals surface area contributed by atoms with Crippen molar-refractivity contribution in [3.63, 3.8) is 0 Å². The number of nitrogens with zero attached hydrogens (tertiary/aromatic N) is 2. The van der Waals surface area contributed by atoms with Gasteiger partial charge in [0.05, 0.1) is 30.5 Å². The first-order valence-electron chi connectivity index (χ1n) is 11.4. The van der Waals surface area contributed by atoms with Gasteiger partial charge in [-0.15, -0.1) is 0 Å². The predicted octanol–water partition coefficient (Wildman–Crippen LogP) is 3.59. The molecular formula is C26H23ClN2O4. The summed E-state index contributed by atoms with van der Waals surface area (Å²) in [6, 6.07) is 13.4. The van der Waals surface area contributed by atoms with Crippen molar-refractivity contribution in [1.29, 1.82) is 0 Å². The first-order chi connectivity index (χ1) is 16.0. The molecule has 3 saturated heterocycles. The van der Waals surface area contributed by atoms with E-state index in [1.165, 1.54) is 4.90 Å². The van der Waals surface area contributed by atoms with Crippen molar-refractivity contribution in [2.45, 2.75) is 31.0 Å². The van der Waals surface area contributed by atoms with Gasteiger partial charge in [0.25, 0.3) is 0 Å². The number of ether oxygens (including phenoxy) is 1. The van der Waals surface area contributed by atoms with E-state index >= 15 is 0 Å². The molecule has 5 atom stereocenters. The van der Waals surface area contributed by atoms with Crippen LogP contribution in [0.4, 0.5) is 5.69 Å². The third-order valence-electron chi connectivity index (χ3n) is 7.31. The summed E-state index contributed by atoms with van der Waals surface area (Å²) >= 11 is 6.04. The third-order valence-corrected chi connectivity index (χ3v) is 7.57. The largest absolute Gasteiger partial charge is 0.376 e. The third kappa shape index (κ3) is 3.15. The van der Waals surface area contributed by atoms with Gasteiger partial charge in [-0.2, -0.15) is 0 Å². The molecule has 6 rings (SSSR count). The van der Waals surface area contributed by atoms with Gasteiger partial charge in [0.15, 0.2) is 5.78 Å². The number of imide groups is 1. The maximum atomic E-state index is 13.9. The number of anilines is 1. The van der Waals surface area contributed by atoms with Crippen LogP contribution in [0.25, 0.3) is 6.08 Å². The lowest BCUT2D eigenvalue weighted by molar-refractivity contribution is -0.142. The predicted molar refractivity (Wildman–Crippen MR) is 124 cm³/mol. The molecule has 0 unspecified atom stereocenters. The van der Waals surface area contributed by atoms with Gasteiger partial charge in [-0.3, -0.25) is 19.3 Å². The number of Topliss-reactive ketones (excluding diaryl/α,β-unsaturated/α-hetero) is 1. The van der Waals surface area contributed by atoms with Gasteiger partial charge < -0.3 is 9.64 Å². The summed E-state index contributed by atoms with van der Waals surface area (Å²) in [5, 5.41) is 0.537. The number of carbonyl (C=O) groups excluding carboxylic acids is 3. The molecule has 0 aromatic heterocycles. The summed E-state index contributed by atoms with van der Waals surface area (Å²) in [6.45, 7) is 0.918. The second-order valence-electron chi connectivity index (χ2n) is 9.11. The molecule has 33 heavy (non-hydrogen) atoms. The Kier molecular flexibility index (Phi) is 4.89. The quantitative estimate of drug-likeness (QED) is 0.513.